The molecule has 0 aliphatic heterocycles. The van der Waals surface area contributed by atoms with E-state index in [4.69, 9.17) is 0 Å². The van der Waals surface area contributed by atoms with Gasteiger partial charge in [0.2, 0.25) is 5.91 Å². The molecule has 3 heteroatoms. The van der Waals surface area contributed by atoms with Crippen LogP contribution in [0.4, 0.5) is 5.69 Å². The minimum Gasteiger partial charge on any atom is -0.326 e. The highest BCUT2D eigenvalue weighted by Crippen LogP contribution is 2.19. The smallest absolute Gasteiger partial charge is 0.224 e. The Bertz CT molecular complexity index is 753. The predicted octanol–water partition coefficient (Wildman–Crippen LogP) is 3.81. The fourth-order valence-corrected chi connectivity index (χ4v) is 2.28. The molecule has 3 aromatic rings. The van der Waals surface area contributed by atoms with Crippen molar-refractivity contribution in [1.82, 2.24) is 4.98 Å². The maximum atomic E-state index is 12.0. The Kier molecular flexibility index (Phi) is 3.92. The van der Waals surface area contributed by atoms with Gasteiger partial charge in [-0.05, 0) is 41.5 Å². The molecular formula is C18H16N2O. The lowest BCUT2D eigenvalue weighted by Crippen LogP contribution is -2.12. The SMILES string of the molecule is O=C(CCc1ccccn1)Nc1ccc2ccccc2c1. The summed E-state index contributed by atoms with van der Waals surface area (Å²) in [5.41, 5.74) is 1.77. The first-order chi connectivity index (χ1) is 10.3. The second kappa shape index (κ2) is 6.18. The van der Waals surface area contributed by atoms with Crippen LogP contribution in [0, 0.1) is 0 Å². The van der Waals surface area contributed by atoms with Crippen LogP contribution in [0.3, 0.4) is 0 Å². The van der Waals surface area contributed by atoms with Crippen molar-refractivity contribution in [3.63, 3.8) is 0 Å². The Morgan fingerprint density at radius 3 is 2.57 bits per heavy atom. The lowest BCUT2D eigenvalue weighted by atomic mass is 10.1. The van der Waals surface area contributed by atoms with E-state index >= 15 is 0 Å². The molecule has 0 atom stereocenters. The first-order valence-electron chi connectivity index (χ1n) is 7.00. The van der Waals surface area contributed by atoms with Gasteiger partial charge < -0.3 is 5.32 Å². The van der Waals surface area contributed by atoms with Gasteiger partial charge in [-0.2, -0.15) is 0 Å². The lowest BCUT2D eigenvalue weighted by Gasteiger charge is -2.06. The summed E-state index contributed by atoms with van der Waals surface area (Å²) in [6.07, 6.45) is 2.83. The van der Waals surface area contributed by atoms with Crippen molar-refractivity contribution in [3.05, 3.63) is 72.6 Å². The fraction of sp³-hybridized carbons (Fsp3) is 0.111. The molecule has 0 saturated heterocycles. The quantitative estimate of drug-likeness (QED) is 0.787. The molecule has 0 saturated carbocycles. The Labute approximate surface area is 123 Å². The molecule has 0 unspecified atom stereocenters. The first kappa shape index (κ1) is 13.3. The van der Waals surface area contributed by atoms with Crippen LogP contribution >= 0.6 is 0 Å². The minimum atomic E-state index is 0.0101. The molecule has 3 nitrogen and oxygen atoms in total. The highest BCUT2D eigenvalue weighted by Gasteiger charge is 2.04. The van der Waals surface area contributed by atoms with Crippen LogP contribution in [0.25, 0.3) is 10.8 Å². The van der Waals surface area contributed by atoms with Crippen LogP contribution in [-0.2, 0) is 11.2 Å². The lowest BCUT2D eigenvalue weighted by molar-refractivity contribution is -0.116. The average Bonchev–Trinajstić information content (AvgIpc) is 2.54. The molecule has 0 bridgehead atoms. The number of amides is 1. The summed E-state index contributed by atoms with van der Waals surface area (Å²) < 4.78 is 0. The van der Waals surface area contributed by atoms with Gasteiger partial charge in [0.1, 0.15) is 0 Å². The molecule has 104 valence electrons. The van der Waals surface area contributed by atoms with Gasteiger partial charge in [0.05, 0.1) is 0 Å². The molecule has 0 fully saturated rings. The van der Waals surface area contributed by atoms with Crippen LogP contribution < -0.4 is 5.32 Å². The Hall–Kier alpha value is -2.68. The zero-order valence-corrected chi connectivity index (χ0v) is 11.6. The minimum absolute atomic E-state index is 0.0101. The molecule has 3 rings (SSSR count). The zero-order valence-electron chi connectivity index (χ0n) is 11.6. The number of carbonyl (C=O) groups is 1. The van der Waals surface area contributed by atoms with Crippen molar-refractivity contribution in [2.45, 2.75) is 12.8 Å². The molecule has 0 radical (unpaired) electrons. The first-order valence-corrected chi connectivity index (χ1v) is 7.00. The van der Waals surface area contributed by atoms with Crippen molar-refractivity contribution in [2.24, 2.45) is 0 Å². The van der Waals surface area contributed by atoms with Gasteiger partial charge in [0, 0.05) is 24.0 Å². The summed E-state index contributed by atoms with van der Waals surface area (Å²) in [4.78, 5) is 16.2. The summed E-state index contributed by atoms with van der Waals surface area (Å²) in [6, 6.07) is 19.8. The standard InChI is InChI=1S/C18H16N2O/c21-18(11-10-16-7-3-4-12-19-16)20-17-9-8-14-5-1-2-6-15(14)13-17/h1-9,12-13H,10-11H2,(H,20,21). The van der Waals surface area contributed by atoms with Gasteiger partial charge in [-0.3, -0.25) is 9.78 Å². The second-order valence-electron chi connectivity index (χ2n) is 4.93. The van der Waals surface area contributed by atoms with E-state index in [2.05, 4.69) is 16.4 Å². The van der Waals surface area contributed by atoms with Crippen molar-refractivity contribution < 1.29 is 4.79 Å². The number of hydrogen-bond acceptors (Lipinski definition) is 2. The van der Waals surface area contributed by atoms with Crippen molar-refractivity contribution in [2.75, 3.05) is 5.32 Å². The summed E-state index contributed by atoms with van der Waals surface area (Å²) >= 11 is 0. The number of aromatic nitrogens is 1. The number of pyridine rings is 1. The van der Waals surface area contributed by atoms with E-state index < -0.39 is 0 Å². The van der Waals surface area contributed by atoms with Gasteiger partial charge >= 0.3 is 0 Å². The maximum absolute atomic E-state index is 12.0. The molecule has 1 N–H and O–H groups in total. The van der Waals surface area contributed by atoms with E-state index in [1.807, 2.05) is 54.6 Å². The average molecular weight is 276 g/mol. The molecule has 0 aliphatic rings. The second-order valence-corrected chi connectivity index (χ2v) is 4.93. The number of anilines is 1. The number of nitrogens with one attached hydrogen (secondary N) is 1. The van der Waals surface area contributed by atoms with E-state index in [9.17, 15) is 4.79 Å². The van der Waals surface area contributed by atoms with Gasteiger partial charge in [-0.15, -0.1) is 0 Å². The van der Waals surface area contributed by atoms with E-state index in [0.717, 1.165) is 16.8 Å². The summed E-state index contributed by atoms with van der Waals surface area (Å²) in [6.45, 7) is 0. The highest BCUT2D eigenvalue weighted by molar-refractivity contribution is 5.94. The van der Waals surface area contributed by atoms with Crippen LogP contribution in [0.1, 0.15) is 12.1 Å². The monoisotopic (exact) mass is 276 g/mol. The number of aryl methyl sites for hydroxylation is 1. The van der Waals surface area contributed by atoms with Crippen molar-refractivity contribution in [3.8, 4) is 0 Å². The van der Waals surface area contributed by atoms with Crippen LogP contribution in [0.2, 0.25) is 0 Å². The third-order valence-corrected chi connectivity index (χ3v) is 3.37. The third-order valence-electron chi connectivity index (χ3n) is 3.37. The number of carbonyl (C=O) groups excluding carboxylic acids is 1. The molecule has 0 spiro atoms. The van der Waals surface area contributed by atoms with Crippen molar-refractivity contribution >= 4 is 22.4 Å². The Morgan fingerprint density at radius 1 is 0.952 bits per heavy atom. The number of rotatable bonds is 4. The van der Waals surface area contributed by atoms with Crippen LogP contribution in [-0.4, -0.2) is 10.9 Å². The summed E-state index contributed by atoms with van der Waals surface area (Å²) in [5, 5.41) is 5.23. The molecular weight excluding hydrogens is 260 g/mol. The molecule has 2 aromatic carbocycles. The molecule has 1 aromatic heterocycles. The topological polar surface area (TPSA) is 42.0 Å². The van der Waals surface area contributed by atoms with E-state index in [1.165, 1.54) is 5.39 Å². The Morgan fingerprint density at radius 2 is 1.76 bits per heavy atom. The maximum Gasteiger partial charge on any atom is 0.224 e. The van der Waals surface area contributed by atoms with E-state index in [1.54, 1.807) is 6.20 Å². The molecule has 0 aliphatic carbocycles. The fourth-order valence-electron chi connectivity index (χ4n) is 2.28. The van der Waals surface area contributed by atoms with Gasteiger partial charge in [0.25, 0.3) is 0 Å². The van der Waals surface area contributed by atoms with Gasteiger partial charge in [-0.1, -0.05) is 36.4 Å². The molecule has 21 heavy (non-hydrogen) atoms. The number of nitrogens with zero attached hydrogens (tertiary/aromatic N) is 1. The summed E-state index contributed by atoms with van der Waals surface area (Å²) in [7, 11) is 0. The number of fused-ring (bicyclic) bond motifs is 1. The largest absolute Gasteiger partial charge is 0.326 e. The van der Waals surface area contributed by atoms with Gasteiger partial charge in [-0.25, -0.2) is 0 Å². The number of benzene rings is 2. The molecule has 1 amide bonds. The van der Waals surface area contributed by atoms with Crippen LogP contribution in [0.5, 0.6) is 0 Å². The Balaban J connectivity index is 1.63. The normalized spacial score (nSPS) is 10.5. The predicted molar refractivity (Wildman–Crippen MR) is 85.1 cm³/mol. The summed E-state index contributed by atoms with van der Waals surface area (Å²) in [5.74, 6) is 0.0101. The van der Waals surface area contributed by atoms with Crippen molar-refractivity contribution in [1.29, 1.82) is 0 Å². The van der Waals surface area contributed by atoms with E-state index in [0.29, 0.717) is 12.8 Å². The van der Waals surface area contributed by atoms with Crippen LogP contribution in [0.15, 0.2) is 66.9 Å². The van der Waals surface area contributed by atoms with E-state index in [-0.39, 0.29) is 5.91 Å². The van der Waals surface area contributed by atoms with Gasteiger partial charge in [0.15, 0.2) is 0 Å². The highest BCUT2D eigenvalue weighted by atomic mass is 16.1. The number of hydrogen-bond donors (Lipinski definition) is 1. The third kappa shape index (κ3) is 3.45. The molecule has 1 heterocycles. The zero-order chi connectivity index (χ0) is 14.5.